The van der Waals surface area contributed by atoms with Crippen molar-refractivity contribution >= 4 is 34.8 Å². The predicted molar refractivity (Wildman–Crippen MR) is 70.8 cm³/mol. The Morgan fingerprint density at radius 3 is 2.37 bits per heavy atom. The lowest BCUT2D eigenvalue weighted by molar-refractivity contribution is 0.102. The van der Waals surface area contributed by atoms with Gasteiger partial charge < -0.3 is 5.32 Å². The van der Waals surface area contributed by atoms with Crippen molar-refractivity contribution in [2.24, 2.45) is 0 Å². The fourth-order valence-corrected chi connectivity index (χ4v) is 1.79. The summed E-state index contributed by atoms with van der Waals surface area (Å²) < 4.78 is 26.5. The van der Waals surface area contributed by atoms with E-state index in [-0.39, 0.29) is 21.3 Å². The third-order valence-electron chi connectivity index (χ3n) is 2.35. The van der Waals surface area contributed by atoms with Crippen LogP contribution in [0.2, 0.25) is 10.0 Å². The van der Waals surface area contributed by atoms with Crippen molar-refractivity contribution in [1.29, 1.82) is 0 Å². The molecule has 0 saturated carbocycles. The molecular formula is C13H7Cl2F2NO. The average molecular weight is 302 g/mol. The quantitative estimate of drug-likeness (QED) is 0.868. The molecule has 0 bridgehead atoms. The lowest BCUT2D eigenvalue weighted by Crippen LogP contribution is -2.13. The molecule has 0 unspecified atom stereocenters. The highest BCUT2D eigenvalue weighted by molar-refractivity contribution is 6.31. The molecule has 2 rings (SSSR count). The predicted octanol–water partition coefficient (Wildman–Crippen LogP) is 4.52. The molecule has 0 aliphatic rings. The van der Waals surface area contributed by atoms with Gasteiger partial charge >= 0.3 is 0 Å². The zero-order valence-electron chi connectivity index (χ0n) is 9.38. The van der Waals surface area contributed by atoms with Crippen LogP contribution in [0.15, 0.2) is 36.4 Å². The number of anilines is 1. The van der Waals surface area contributed by atoms with E-state index < -0.39 is 17.5 Å². The Hall–Kier alpha value is -1.65. The molecule has 0 fully saturated rings. The van der Waals surface area contributed by atoms with Gasteiger partial charge in [0.25, 0.3) is 5.91 Å². The van der Waals surface area contributed by atoms with Gasteiger partial charge in [-0.1, -0.05) is 23.2 Å². The molecule has 98 valence electrons. The fourth-order valence-electron chi connectivity index (χ4n) is 1.45. The van der Waals surface area contributed by atoms with Crippen LogP contribution in [0.1, 0.15) is 10.4 Å². The summed E-state index contributed by atoms with van der Waals surface area (Å²) in [5, 5.41) is 2.48. The molecule has 6 heteroatoms. The van der Waals surface area contributed by atoms with Crippen LogP contribution in [0.25, 0.3) is 0 Å². The lowest BCUT2D eigenvalue weighted by Gasteiger charge is -2.07. The monoisotopic (exact) mass is 301 g/mol. The largest absolute Gasteiger partial charge is 0.322 e. The van der Waals surface area contributed by atoms with Crippen molar-refractivity contribution in [3.05, 3.63) is 63.6 Å². The number of benzene rings is 2. The van der Waals surface area contributed by atoms with E-state index >= 15 is 0 Å². The van der Waals surface area contributed by atoms with E-state index in [1.165, 1.54) is 24.3 Å². The van der Waals surface area contributed by atoms with Gasteiger partial charge in [-0.15, -0.1) is 0 Å². The normalized spacial score (nSPS) is 10.3. The van der Waals surface area contributed by atoms with Gasteiger partial charge in [-0.25, -0.2) is 8.78 Å². The van der Waals surface area contributed by atoms with Gasteiger partial charge in [-0.05, 0) is 36.4 Å². The van der Waals surface area contributed by atoms with Crippen LogP contribution in [-0.2, 0) is 0 Å². The van der Waals surface area contributed by atoms with Crippen LogP contribution in [0.4, 0.5) is 14.5 Å². The Balaban J connectivity index is 2.23. The Kier molecular flexibility index (Phi) is 4.02. The molecule has 1 amide bonds. The summed E-state index contributed by atoms with van der Waals surface area (Å²) in [5.41, 5.74) is 0.107. The van der Waals surface area contributed by atoms with E-state index in [1.54, 1.807) is 0 Å². The van der Waals surface area contributed by atoms with Crippen molar-refractivity contribution in [2.75, 3.05) is 5.32 Å². The molecule has 0 radical (unpaired) electrons. The number of amides is 1. The molecular weight excluding hydrogens is 295 g/mol. The van der Waals surface area contributed by atoms with Gasteiger partial charge in [0.1, 0.15) is 11.6 Å². The van der Waals surface area contributed by atoms with Crippen LogP contribution >= 0.6 is 23.2 Å². The van der Waals surface area contributed by atoms with E-state index in [2.05, 4.69) is 5.32 Å². The summed E-state index contributed by atoms with van der Waals surface area (Å²) in [7, 11) is 0. The Morgan fingerprint density at radius 1 is 1.00 bits per heavy atom. The van der Waals surface area contributed by atoms with Crippen LogP contribution in [-0.4, -0.2) is 5.91 Å². The van der Waals surface area contributed by atoms with Gasteiger partial charge in [-0.2, -0.15) is 0 Å². The van der Waals surface area contributed by atoms with Crippen molar-refractivity contribution in [1.82, 2.24) is 0 Å². The summed E-state index contributed by atoms with van der Waals surface area (Å²) in [4.78, 5) is 11.8. The van der Waals surface area contributed by atoms with E-state index in [1.807, 2.05) is 0 Å². The molecule has 0 atom stereocenters. The van der Waals surface area contributed by atoms with Crippen molar-refractivity contribution < 1.29 is 13.6 Å². The molecule has 0 spiro atoms. The van der Waals surface area contributed by atoms with Crippen LogP contribution < -0.4 is 5.32 Å². The second kappa shape index (κ2) is 5.55. The third-order valence-corrected chi connectivity index (χ3v) is 2.88. The summed E-state index contributed by atoms with van der Waals surface area (Å²) in [6.45, 7) is 0. The van der Waals surface area contributed by atoms with Gasteiger partial charge in [0.15, 0.2) is 0 Å². The topological polar surface area (TPSA) is 29.1 Å². The maximum absolute atomic E-state index is 13.5. The SMILES string of the molecule is O=C(Nc1ccc(F)c(Cl)c1)c1ccc(Cl)cc1F. The van der Waals surface area contributed by atoms with Crippen LogP contribution in [0.5, 0.6) is 0 Å². The Morgan fingerprint density at radius 2 is 1.74 bits per heavy atom. The van der Waals surface area contributed by atoms with E-state index in [0.717, 1.165) is 12.1 Å². The smallest absolute Gasteiger partial charge is 0.258 e. The molecule has 1 N–H and O–H groups in total. The second-order valence-corrected chi connectivity index (χ2v) is 4.55. The molecule has 19 heavy (non-hydrogen) atoms. The minimum absolute atomic E-state index is 0.130. The number of carbonyl (C=O) groups excluding carboxylic acids is 1. The third kappa shape index (κ3) is 3.22. The molecule has 0 saturated heterocycles. The molecule has 2 nitrogen and oxygen atoms in total. The summed E-state index contributed by atoms with van der Waals surface area (Å²) in [6, 6.07) is 7.37. The molecule has 2 aromatic rings. The zero-order chi connectivity index (χ0) is 14.0. The first-order valence-corrected chi connectivity index (χ1v) is 5.94. The molecule has 0 heterocycles. The first-order valence-electron chi connectivity index (χ1n) is 5.19. The van der Waals surface area contributed by atoms with E-state index in [4.69, 9.17) is 23.2 Å². The number of carbonyl (C=O) groups is 1. The molecule has 0 aromatic heterocycles. The van der Waals surface area contributed by atoms with E-state index in [0.29, 0.717) is 0 Å². The van der Waals surface area contributed by atoms with Gasteiger partial charge in [0.05, 0.1) is 10.6 Å². The number of rotatable bonds is 2. The first-order chi connectivity index (χ1) is 8.97. The van der Waals surface area contributed by atoms with Crippen molar-refractivity contribution in [3.8, 4) is 0 Å². The number of halogens is 4. The molecule has 0 aliphatic heterocycles. The number of hydrogen-bond acceptors (Lipinski definition) is 1. The maximum Gasteiger partial charge on any atom is 0.258 e. The highest BCUT2D eigenvalue weighted by atomic mass is 35.5. The standard InChI is InChI=1S/C13H7Cl2F2NO/c14-7-1-3-9(12(17)5-7)13(19)18-8-2-4-11(16)10(15)6-8/h1-6H,(H,18,19). The van der Waals surface area contributed by atoms with Gasteiger partial charge in [0, 0.05) is 10.7 Å². The Bertz CT molecular complexity index is 647. The summed E-state index contributed by atoms with van der Waals surface area (Å²) in [6.07, 6.45) is 0. The lowest BCUT2D eigenvalue weighted by atomic mass is 10.2. The first kappa shape index (κ1) is 13.8. The zero-order valence-corrected chi connectivity index (χ0v) is 10.9. The number of hydrogen-bond donors (Lipinski definition) is 1. The summed E-state index contributed by atoms with van der Waals surface area (Å²) in [5.74, 6) is -2.01. The van der Waals surface area contributed by atoms with Crippen molar-refractivity contribution in [2.45, 2.75) is 0 Å². The van der Waals surface area contributed by atoms with Crippen LogP contribution in [0, 0.1) is 11.6 Å². The fraction of sp³-hybridized carbons (Fsp3) is 0. The summed E-state index contributed by atoms with van der Waals surface area (Å²) >= 11 is 11.2. The van der Waals surface area contributed by atoms with Gasteiger partial charge in [-0.3, -0.25) is 4.79 Å². The van der Waals surface area contributed by atoms with E-state index in [9.17, 15) is 13.6 Å². The maximum atomic E-state index is 13.5. The average Bonchev–Trinajstić information content (AvgIpc) is 2.33. The molecule has 2 aromatic carbocycles. The number of nitrogens with one attached hydrogen (secondary N) is 1. The molecule has 0 aliphatic carbocycles. The minimum atomic E-state index is -0.738. The van der Waals surface area contributed by atoms with Crippen LogP contribution in [0.3, 0.4) is 0 Å². The second-order valence-electron chi connectivity index (χ2n) is 3.71. The van der Waals surface area contributed by atoms with Gasteiger partial charge in [0.2, 0.25) is 0 Å². The highest BCUT2D eigenvalue weighted by Gasteiger charge is 2.12. The highest BCUT2D eigenvalue weighted by Crippen LogP contribution is 2.21. The Labute approximate surface area is 118 Å². The van der Waals surface area contributed by atoms with Crippen molar-refractivity contribution in [3.63, 3.8) is 0 Å². The minimum Gasteiger partial charge on any atom is -0.322 e.